The van der Waals surface area contributed by atoms with Gasteiger partial charge in [-0.1, -0.05) is 12.1 Å². The van der Waals surface area contributed by atoms with Gasteiger partial charge in [0.1, 0.15) is 16.8 Å². The minimum absolute atomic E-state index is 0. The highest BCUT2D eigenvalue weighted by molar-refractivity contribution is 5.85. The molecule has 31 heavy (non-hydrogen) atoms. The molecule has 0 bridgehead atoms. The van der Waals surface area contributed by atoms with Crippen molar-refractivity contribution in [2.75, 3.05) is 19.8 Å². The summed E-state index contributed by atoms with van der Waals surface area (Å²) in [5.74, 6) is 0.292. The highest BCUT2D eigenvalue weighted by Crippen LogP contribution is 2.26. The number of nitrogens with zero attached hydrogens (tertiary/aromatic N) is 2. The molecule has 3 aromatic rings. The van der Waals surface area contributed by atoms with E-state index >= 15 is 0 Å². The molecule has 0 fully saturated rings. The van der Waals surface area contributed by atoms with Crippen molar-refractivity contribution >= 4 is 29.4 Å². The van der Waals surface area contributed by atoms with E-state index in [2.05, 4.69) is 21.7 Å². The second-order valence-electron chi connectivity index (χ2n) is 7.40. The Morgan fingerprint density at radius 2 is 2.06 bits per heavy atom. The van der Waals surface area contributed by atoms with E-state index in [0.29, 0.717) is 29.9 Å². The maximum Gasteiger partial charge on any atom is 0.344 e. The predicted octanol–water partition coefficient (Wildman–Crippen LogP) is 2.77. The van der Waals surface area contributed by atoms with Gasteiger partial charge in [-0.05, 0) is 77.5 Å². The number of esters is 1. The number of carbonyl (C=O) groups is 1. The Kier molecular flexibility index (Phi) is 7.84. The van der Waals surface area contributed by atoms with Gasteiger partial charge in [-0.3, -0.25) is 0 Å². The van der Waals surface area contributed by atoms with Gasteiger partial charge < -0.3 is 19.9 Å². The van der Waals surface area contributed by atoms with Crippen LogP contribution in [-0.2, 0) is 22.4 Å². The van der Waals surface area contributed by atoms with Crippen LogP contribution in [0.3, 0.4) is 0 Å². The van der Waals surface area contributed by atoms with Crippen molar-refractivity contribution < 1.29 is 24.0 Å². The van der Waals surface area contributed by atoms with Crippen LogP contribution in [0.2, 0.25) is 0 Å². The second-order valence-corrected chi connectivity index (χ2v) is 7.40. The quantitative estimate of drug-likeness (QED) is 0.507. The number of carbonyl (C=O) groups excluding carboxylic acids is 1. The Hall–Kier alpha value is -2.68. The average Bonchev–Trinajstić information content (AvgIpc) is 3.24. The summed E-state index contributed by atoms with van der Waals surface area (Å²) in [5.41, 5.74) is 4.57. The van der Waals surface area contributed by atoms with Crippen LogP contribution in [-0.4, -0.2) is 47.2 Å². The van der Waals surface area contributed by atoms with E-state index in [0.717, 1.165) is 24.8 Å². The number of aryl methyl sites for hydroxylation is 1. The fourth-order valence-electron chi connectivity index (χ4n) is 3.74. The maximum atomic E-state index is 11.5. The number of aromatic nitrogens is 2. The van der Waals surface area contributed by atoms with Crippen molar-refractivity contribution in [1.82, 2.24) is 15.6 Å². The molecule has 2 atom stereocenters. The van der Waals surface area contributed by atoms with Crippen LogP contribution in [0.15, 0.2) is 41.0 Å². The zero-order valence-corrected chi connectivity index (χ0v) is 18.1. The molecule has 0 spiro atoms. The van der Waals surface area contributed by atoms with Crippen LogP contribution in [0.4, 0.5) is 0 Å². The highest BCUT2D eigenvalue weighted by atomic mass is 35.5. The van der Waals surface area contributed by atoms with E-state index in [-0.39, 0.29) is 31.0 Å². The zero-order valence-electron chi connectivity index (χ0n) is 17.2. The number of fused-ring (bicyclic) bond motifs is 2. The molecule has 0 saturated heterocycles. The first-order chi connectivity index (χ1) is 14.6. The Morgan fingerprint density at radius 1 is 1.23 bits per heavy atom. The number of hydrogen-bond acceptors (Lipinski definition) is 8. The molecule has 2 N–H and O–H groups in total. The molecule has 1 aromatic heterocycles. The third-order valence-corrected chi connectivity index (χ3v) is 5.33. The Balaban J connectivity index is 0.00000272. The molecule has 1 aliphatic carbocycles. The van der Waals surface area contributed by atoms with E-state index in [1.165, 1.54) is 11.1 Å². The van der Waals surface area contributed by atoms with E-state index < -0.39 is 6.10 Å². The fraction of sp³-hybridized carbons (Fsp3) is 0.409. The maximum absolute atomic E-state index is 11.5. The lowest BCUT2D eigenvalue weighted by Crippen LogP contribution is -2.37. The number of nitrogens with one attached hydrogen (secondary N) is 1. The number of halogens is 1. The lowest BCUT2D eigenvalue weighted by atomic mass is 9.88. The first-order valence-electron chi connectivity index (χ1n) is 10.2. The second kappa shape index (κ2) is 10.6. The third kappa shape index (κ3) is 5.72. The topological polar surface area (TPSA) is 107 Å². The summed E-state index contributed by atoms with van der Waals surface area (Å²) in [6, 6.07) is 11.6. The molecule has 0 radical (unpaired) electrons. The first-order valence-corrected chi connectivity index (χ1v) is 10.2. The van der Waals surface area contributed by atoms with E-state index in [1.807, 2.05) is 18.2 Å². The van der Waals surface area contributed by atoms with Crippen LogP contribution in [0.25, 0.3) is 11.0 Å². The molecular formula is C22H26ClN3O5. The summed E-state index contributed by atoms with van der Waals surface area (Å²) in [5, 5.41) is 21.6. The van der Waals surface area contributed by atoms with Crippen molar-refractivity contribution in [3.63, 3.8) is 0 Å². The van der Waals surface area contributed by atoms with Gasteiger partial charge in [0, 0.05) is 12.6 Å². The normalized spacial score (nSPS) is 16.3. The van der Waals surface area contributed by atoms with Crippen molar-refractivity contribution in [3.05, 3.63) is 53.1 Å². The monoisotopic (exact) mass is 447 g/mol. The number of aliphatic hydroxyl groups excluding tert-OH is 1. The van der Waals surface area contributed by atoms with Crippen LogP contribution < -0.4 is 10.1 Å². The Morgan fingerprint density at radius 3 is 2.90 bits per heavy atom. The van der Waals surface area contributed by atoms with Crippen LogP contribution in [0.1, 0.15) is 36.1 Å². The largest absolute Gasteiger partial charge is 0.482 e. The van der Waals surface area contributed by atoms with Gasteiger partial charge in [0.2, 0.25) is 0 Å². The van der Waals surface area contributed by atoms with Crippen molar-refractivity contribution in [3.8, 4) is 5.75 Å². The van der Waals surface area contributed by atoms with Crippen LogP contribution in [0.5, 0.6) is 5.75 Å². The van der Waals surface area contributed by atoms with Gasteiger partial charge in [-0.25, -0.2) is 9.42 Å². The molecule has 8 nitrogen and oxygen atoms in total. The van der Waals surface area contributed by atoms with Gasteiger partial charge in [0.25, 0.3) is 0 Å². The fourth-order valence-corrected chi connectivity index (χ4v) is 3.74. The average molecular weight is 448 g/mol. The number of aliphatic hydroxyl groups is 1. The molecule has 1 heterocycles. The lowest BCUT2D eigenvalue weighted by molar-refractivity contribution is -0.145. The lowest BCUT2D eigenvalue weighted by Gasteiger charge is -2.27. The van der Waals surface area contributed by atoms with Gasteiger partial charge in [0.15, 0.2) is 6.61 Å². The smallest absolute Gasteiger partial charge is 0.344 e. The highest BCUT2D eigenvalue weighted by Gasteiger charge is 2.20. The van der Waals surface area contributed by atoms with E-state index in [1.54, 1.807) is 19.1 Å². The van der Waals surface area contributed by atoms with Gasteiger partial charge in [-0.15, -0.1) is 12.4 Å². The standard InChI is InChI=1S/C22H25N3O5.ClH/c1-2-28-22(27)13-29-18-7-4-14-3-6-17(9-16(14)10-18)23-12-21(26)15-5-8-19-20(11-15)25-30-24-19;/h4-5,7-8,10-11,17,21,23,26H,2-3,6,9,12-13H2,1H3;1H. The minimum atomic E-state index is -0.647. The summed E-state index contributed by atoms with van der Waals surface area (Å²) in [7, 11) is 0. The summed E-state index contributed by atoms with van der Waals surface area (Å²) >= 11 is 0. The first kappa shape index (κ1) is 23.0. The molecule has 0 aliphatic heterocycles. The van der Waals surface area contributed by atoms with Crippen molar-refractivity contribution in [2.24, 2.45) is 0 Å². The predicted molar refractivity (Wildman–Crippen MR) is 116 cm³/mol. The third-order valence-electron chi connectivity index (χ3n) is 5.33. The van der Waals surface area contributed by atoms with Crippen LogP contribution in [0, 0.1) is 0 Å². The van der Waals surface area contributed by atoms with Gasteiger partial charge in [-0.2, -0.15) is 0 Å². The summed E-state index contributed by atoms with van der Waals surface area (Å²) in [6.45, 7) is 2.46. The van der Waals surface area contributed by atoms with Gasteiger partial charge in [0.05, 0.1) is 12.7 Å². The Bertz CT molecular complexity index is 1030. The zero-order chi connectivity index (χ0) is 20.9. The molecule has 166 valence electrons. The van der Waals surface area contributed by atoms with Crippen molar-refractivity contribution in [1.29, 1.82) is 0 Å². The Labute approximate surface area is 186 Å². The summed E-state index contributed by atoms with van der Waals surface area (Å²) in [4.78, 5) is 11.5. The molecule has 0 saturated carbocycles. The molecule has 0 amide bonds. The summed E-state index contributed by atoms with van der Waals surface area (Å²) < 4.78 is 15.2. The number of hydrogen-bond donors (Lipinski definition) is 2. The van der Waals surface area contributed by atoms with Crippen LogP contribution >= 0.6 is 12.4 Å². The SMILES string of the molecule is CCOC(=O)COc1ccc2c(c1)CC(NCC(O)c1ccc3nonc3c1)CC2.Cl. The van der Waals surface area contributed by atoms with Gasteiger partial charge >= 0.3 is 5.97 Å². The molecule has 4 rings (SSSR count). The molecule has 1 aliphatic rings. The summed E-state index contributed by atoms with van der Waals surface area (Å²) in [6.07, 6.45) is 2.14. The number of benzene rings is 2. The molecular weight excluding hydrogens is 422 g/mol. The molecule has 9 heteroatoms. The number of rotatable bonds is 8. The molecule has 2 aromatic carbocycles. The van der Waals surface area contributed by atoms with E-state index in [9.17, 15) is 9.90 Å². The molecule has 2 unspecified atom stereocenters. The minimum Gasteiger partial charge on any atom is -0.482 e. The van der Waals surface area contributed by atoms with E-state index in [4.69, 9.17) is 14.1 Å². The van der Waals surface area contributed by atoms with Crippen molar-refractivity contribution in [2.45, 2.75) is 38.3 Å². The number of ether oxygens (including phenoxy) is 2.